The lowest BCUT2D eigenvalue weighted by Gasteiger charge is -2.22. The summed E-state index contributed by atoms with van der Waals surface area (Å²) in [4.78, 5) is 6.77. The lowest BCUT2D eigenvalue weighted by molar-refractivity contribution is 0.354. The number of rotatable bonds is 11. The van der Waals surface area contributed by atoms with E-state index in [0.29, 0.717) is 12.5 Å². The molecule has 7 heteroatoms. The first kappa shape index (κ1) is 24.9. The molecule has 0 aromatic heterocycles. The van der Waals surface area contributed by atoms with Crippen LogP contribution >= 0.6 is 24.0 Å². The number of nitrogens with one attached hydrogen (secondary N) is 1. The van der Waals surface area contributed by atoms with Crippen molar-refractivity contribution >= 4 is 35.6 Å². The number of benzene rings is 2. The Morgan fingerprint density at radius 2 is 1.79 bits per heavy atom. The first-order valence-electron chi connectivity index (χ1n) is 9.72. The van der Waals surface area contributed by atoms with Gasteiger partial charge >= 0.3 is 0 Å². The van der Waals surface area contributed by atoms with E-state index in [-0.39, 0.29) is 24.0 Å². The van der Waals surface area contributed by atoms with Crippen LogP contribution in [0.2, 0.25) is 0 Å². The number of hydrogen-bond acceptors (Lipinski definition) is 4. The zero-order valence-corrected chi connectivity index (χ0v) is 19.9. The molecule has 2 rings (SSSR count). The maximum absolute atomic E-state index is 5.98. The SMILES string of the molecule is CCN(CCCN=C(N)NCCc1ccc(OC)c(OC)c1)c1ccccc1.I. The first-order valence-corrected chi connectivity index (χ1v) is 9.72. The van der Waals surface area contributed by atoms with Crippen molar-refractivity contribution in [3.63, 3.8) is 0 Å². The van der Waals surface area contributed by atoms with Gasteiger partial charge in [-0.05, 0) is 49.6 Å². The minimum Gasteiger partial charge on any atom is -0.493 e. The van der Waals surface area contributed by atoms with Gasteiger partial charge in [-0.3, -0.25) is 4.99 Å². The molecule has 0 radical (unpaired) electrons. The minimum atomic E-state index is 0. The van der Waals surface area contributed by atoms with Gasteiger partial charge in [-0.2, -0.15) is 0 Å². The predicted molar refractivity (Wildman–Crippen MR) is 132 cm³/mol. The Kier molecular flexibility index (Phi) is 11.9. The fraction of sp³-hybridized carbons (Fsp3) is 0.409. The van der Waals surface area contributed by atoms with Crippen LogP contribution in [0.1, 0.15) is 18.9 Å². The summed E-state index contributed by atoms with van der Waals surface area (Å²) in [6, 6.07) is 16.4. The number of nitrogens with two attached hydrogens (primary N) is 1. The van der Waals surface area contributed by atoms with Gasteiger partial charge < -0.3 is 25.4 Å². The van der Waals surface area contributed by atoms with Crippen LogP contribution in [-0.2, 0) is 6.42 Å². The molecule has 2 aromatic carbocycles. The van der Waals surface area contributed by atoms with Crippen LogP contribution in [0, 0.1) is 0 Å². The van der Waals surface area contributed by atoms with Crippen LogP contribution in [0.3, 0.4) is 0 Å². The van der Waals surface area contributed by atoms with Crippen LogP contribution < -0.4 is 25.4 Å². The molecule has 0 amide bonds. The van der Waals surface area contributed by atoms with E-state index in [2.05, 4.69) is 46.4 Å². The molecule has 0 spiro atoms. The minimum absolute atomic E-state index is 0. The molecule has 0 aliphatic carbocycles. The van der Waals surface area contributed by atoms with Crippen LogP contribution in [-0.4, -0.2) is 46.4 Å². The Bertz CT molecular complexity index is 741. The monoisotopic (exact) mass is 512 g/mol. The normalized spacial score (nSPS) is 10.8. The summed E-state index contributed by atoms with van der Waals surface area (Å²) in [5.41, 5.74) is 8.38. The lowest BCUT2D eigenvalue weighted by atomic mass is 10.1. The molecule has 0 aliphatic heterocycles. The summed E-state index contributed by atoms with van der Waals surface area (Å²) in [6.07, 6.45) is 1.79. The van der Waals surface area contributed by atoms with Crippen LogP contribution in [0.25, 0.3) is 0 Å². The van der Waals surface area contributed by atoms with Gasteiger partial charge in [0.15, 0.2) is 17.5 Å². The fourth-order valence-electron chi connectivity index (χ4n) is 3.00. The third-order valence-corrected chi connectivity index (χ3v) is 4.54. The highest BCUT2D eigenvalue weighted by atomic mass is 127. The van der Waals surface area contributed by atoms with Gasteiger partial charge in [0, 0.05) is 31.9 Å². The van der Waals surface area contributed by atoms with Crippen molar-refractivity contribution in [2.75, 3.05) is 45.3 Å². The molecule has 2 aromatic rings. The van der Waals surface area contributed by atoms with Gasteiger partial charge in [0.25, 0.3) is 0 Å². The standard InChI is InChI=1S/C22H32N4O2.HI/c1-4-26(19-9-6-5-7-10-19)16-8-14-24-22(23)25-15-13-18-11-12-20(27-2)21(17-18)28-3;/h5-7,9-12,17H,4,8,13-16H2,1-3H3,(H3,23,24,25);1H. The largest absolute Gasteiger partial charge is 0.493 e. The van der Waals surface area contributed by atoms with Crippen molar-refractivity contribution in [2.24, 2.45) is 10.7 Å². The number of aliphatic imine (C=N–C) groups is 1. The molecular weight excluding hydrogens is 479 g/mol. The first-order chi connectivity index (χ1) is 13.7. The lowest BCUT2D eigenvalue weighted by Crippen LogP contribution is -2.33. The van der Waals surface area contributed by atoms with Gasteiger partial charge in [0.05, 0.1) is 14.2 Å². The predicted octanol–water partition coefficient (Wildman–Crippen LogP) is 3.69. The van der Waals surface area contributed by atoms with Gasteiger partial charge in [-0.15, -0.1) is 24.0 Å². The van der Waals surface area contributed by atoms with E-state index in [1.807, 2.05) is 24.3 Å². The summed E-state index contributed by atoms with van der Waals surface area (Å²) < 4.78 is 10.6. The van der Waals surface area contributed by atoms with E-state index in [0.717, 1.165) is 49.5 Å². The molecule has 0 aliphatic rings. The van der Waals surface area contributed by atoms with E-state index in [1.54, 1.807) is 14.2 Å². The number of para-hydroxylation sites is 1. The summed E-state index contributed by atoms with van der Waals surface area (Å²) in [5.74, 6) is 1.96. The highest BCUT2D eigenvalue weighted by Crippen LogP contribution is 2.27. The third kappa shape index (κ3) is 8.39. The number of guanidine groups is 1. The summed E-state index contributed by atoms with van der Waals surface area (Å²) >= 11 is 0. The van der Waals surface area contributed by atoms with Gasteiger partial charge in [0.1, 0.15) is 0 Å². The number of ether oxygens (including phenoxy) is 2. The third-order valence-electron chi connectivity index (χ3n) is 4.54. The molecule has 0 heterocycles. The molecule has 0 fully saturated rings. The Morgan fingerprint density at radius 1 is 1.07 bits per heavy atom. The Morgan fingerprint density at radius 3 is 2.45 bits per heavy atom. The van der Waals surface area contributed by atoms with Crippen molar-refractivity contribution in [3.05, 3.63) is 54.1 Å². The van der Waals surface area contributed by atoms with E-state index < -0.39 is 0 Å². The average Bonchev–Trinajstić information content (AvgIpc) is 2.74. The molecule has 160 valence electrons. The molecule has 3 N–H and O–H groups in total. The van der Waals surface area contributed by atoms with E-state index in [4.69, 9.17) is 15.2 Å². The van der Waals surface area contributed by atoms with Crippen LogP contribution in [0.4, 0.5) is 5.69 Å². The Balaban J connectivity index is 0.00000420. The fourth-order valence-corrected chi connectivity index (χ4v) is 3.00. The topological polar surface area (TPSA) is 72.1 Å². The highest BCUT2D eigenvalue weighted by Gasteiger charge is 2.05. The molecule has 29 heavy (non-hydrogen) atoms. The number of anilines is 1. The molecule has 6 nitrogen and oxygen atoms in total. The van der Waals surface area contributed by atoms with Crippen molar-refractivity contribution in [1.29, 1.82) is 0 Å². The van der Waals surface area contributed by atoms with E-state index in [9.17, 15) is 0 Å². The summed E-state index contributed by atoms with van der Waals surface area (Å²) in [7, 11) is 3.28. The second kappa shape index (κ2) is 13.9. The Hall–Kier alpha value is -2.16. The molecule has 0 saturated carbocycles. The van der Waals surface area contributed by atoms with Crippen LogP contribution in [0.15, 0.2) is 53.5 Å². The van der Waals surface area contributed by atoms with Crippen molar-refractivity contribution in [1.82, 2.24) is 5.32 Å². The van der Waals surface area contributed by atoms with Crippen LogP contribution in [0.5, 0.6) is 11.5 Å². The van der Waals surface area contributed by atoms with Crippen molar-refractivity contribution < 1.29 is 9.47 Å². The summed E-state index contributed by atoms with van der Waals surface area (Å²) in [6.45, 7) is 5.53. The molecule has 0 bridgehead atoms. The van der Waals surface area contributed by atoms with Gasteiger partial charge in [-0.25, -0.2) is 0 Å². The van der Waals surface area contributed by atoms with Gasteiger partial charge in [0.2, 0.25) is 0 Å². The maximum atomic E-state index is 5.98. The Labute approximate surface area is 191 Å². The molecular formula is C22H33IN4O2. The smallest absolute Gasteiger partial charge is 0.188 e. The molecule has 0 unspecified atom stereocenters. The second-order valence-electron chi connectivity index (χ2n) is 6.40. The molecule has 0 saturated heterocycles. The number of methoxy groups -OCH3 is 2. The van der Waals surface area contributed by atoms with E-state index in [1.165, 1.54) is 5.69 Å². The second-order valence-corrected chi connectivity index (χ2v) is 6.40. The van der Waals surface area contributed by atoms with Crippen molar-refractivity contribution in [2.45, 2.75) is 19.8 Å². The zero-order chi connectivity index (χ0) is 20.2. The number of hydrogen-bond donors (Lipinski definition) is 2. The maximum Gasteiger partial charge on any atom is 0.188 e. The number of nitrogens with zero attached hydrogens (tertiary/aromatic N) is 2. The average molecular weight is 512 g/mol. The van der Waals surface area contributed by atoms with Crippen molar-refractivity contribution in [3.8, 4) is 11.5 Å². The molecule has 0 atom stereocenters. The highest BCUT2D eigenvalue weighted by molar-refractivity contribution is 14.0. The van der Waals surface area contributed by atoms with E-state index >= 15 is 0 Å². The quantitative estimate of drug-likeness (QED) is 0.208. The van der Waals surface area contributed by atoms with Gasteiger partial charge in [-0.1, -0.05) is 24.3 Å². The summed E-state index contributed by atoms with van der Waals surface area (Å²) in [5, 5.41) is 3.17. The zero-order valence-electron chi connectivity index (χ0n) is 17.6. The number of halogens is 1.